The maximum absolute atomic E-state index is 11.0. The van der Waals surface area contributed by atoms with E-state index in [4.69, 9.17) is 0 Å². The minimum atomic E-state index is -0.542. The molecule has 0 aliphatic rings. The predicted molar refractivity (Wildman–Crippen MR) is 61.7 cm³/mol. The fourth-order valence-corrected chi connectivity index (χ4v) is 1.60. The Morgan fingerprint density at radius 3 is 2.82 bits per heavy atom. The van der Waals surface area contributed by atoms with Gasteiger partial charge in [-0.1, -0.05) is 0 Å². The van der Waals surface area contributed by atoms with Crippen LogP contribution >= 0.6 is 0 Å². The van der Waals surface area contributed by atoms with Crippen molar-refractivity contribution in [2.45, 2.75) is 6.92 Å². The van der Waals surface area contributed by atoms with Crippen LogP contribution in [0.25, 0.3) is 11.0 Å². The van der Waals surface area contributed by atoms with Gasteiger partial charge in [-0.3, -0.25) is 14.9 Å². The number of anilines is 1. The van der Waals surface area contributed by atoms with Gasteiger partial charge in [-0.15, -0.1) is 0 Å². The molecule has 2 aromatic rings. The minimum Gasteiger partial charge on any atom is -0.334 e. The molecule has 1 amide bonds. The van der Waals surface area contributed by atoms with Gasteiger partial charge in [0.25, 0.3) is 5.69 Å². The zero-order valence-corrected chi connectivity index (χ0v) is 9.30. The van der Waals surface area contributed by atoms with Crippen LogP contribution in [0.1, 0.15) is 6.92 Å². The van der Waals surface area contributed by atoms with Gasteiger partial charge in [0.05, 0.1) is 22.3 Å². The molecule has 17 heavy (non-hydrogen) atoms. The maximum Gasteiger partial charge on any atom is 0.295 e. The fraction of sp³-hybridized carbons (Fsp3) is 0.200. The number of rotatable bonds is 2. The summed E-state index contributed by atoms with van der Waals surface area (Å²) in [5, 5.41) is 13.3. The summed E-state index contributed by atoms with van der Waals surface area (Å²) in [6.07, 6.45) is 1.56. The molecule has 0 bridgehead atoms. The highest BCUT2D eigenvalue weighted by Crippen LogP contribution is 2.29. The van der Waals surface area contributed by atoms with Gasteiger partial charge in [-0.05, 0) is 6.07 Å². The largest absolute Gasteiger partial charge is 0.334 e. The zero-order valence-electron chi connectivity index (χ0n) is 9.30. The number of benzene rings is 1. The Morgan fingerprint density at radius 2 is 2.24 bits per heavy atom. The summed E-state index contributed by atoms with van der Waals surface area (Å²) >= 11 is 0. The Labute approximate surface area is 96.2 Å². The number of carbonyl (C=O) groups is 1. The number of nitro benzene ring substituents is 1. The lowest BCUT2D eigenvalue weighted by molar-refractivity contribution is -0.383. The molecule has 0 saturated carbocycles. The standard InChI is InChI=1S/C10H10N4O3/c1-6(15)12-8-4-9-7(11-5-13(9)2)3-10(8)14(16)17/h3-5H,1-2H3,(H,12,15). The number of fused-ring (bicyclic) bond motifs is 1. The quantitative estimate of drug-likeness (QED) is 0.628. The summed E-state index contributed by atoms with van der Waals surface area (Å²) in [5.41, 5.74) is 1.26. The Hall–Kier alpha value is -2.44. The first-order chi connectivity index (χ1) is 7.99. The van der Waals surface area contributed by atoms with E-state index < -0.39 is 4.92 Å². The molecule has 2 rings (SSSR count). The number of carbonyl (C=O) groups excluding carboxylic acids is 1. The number of imidazole rings is 1. The summed E-state index contributed by atoms with van der Waals surface area (Å²) < 4.78 is 1.73. The van der Waals surface area contributed by atoms with Crippen molar-refractivity contribution in [1.82, 2.24) is 9.55 Å². The van der Waals surface area contributed by atoms with E-state index in [1.54, 1.807) is 24.0 Å². The van der Waals surface area contributed by atoms with E-state index in [1.807, 2.05) is 0 Å². The first-order valence-electron chi connectivity index (χ1n) is 4.86. The van der Waals surface area contributed by atoms with Crippen molar-refractivity contribution in [3.63, 3.8) is 0 Å². The van der Waals surface area contributed by atoms with Crippen molar-refractivity contribution in [3.05, 3.63) is 28.6 Å². The summed E-state index contributed by atoms with van der Waals surface area (Å²) in [6, 6.07) is 2.89. The first-order valence-corrected chi connectivity index (χ1v) is 4.86. The van der Waals surface area contributed by atoms with Crippen LogP contribution in [0.4, 0.5) is 11.4 Å². The molecule has 0 aliphatic carbocycles. The number of nitrogens with one attached hydrogen (secondary N) is 1. The van der Waals surface area contributed by atoms with Crippen LogP contribution in [-0.2, 0) is 11.8 Å². The van der Waals surface area contributed by atoms with Crippen molar-refractivity contribution in [1.29, 1.82) is 0 Å². The summed E-state index contributed by atoms with van der Waals surface area (Å²) in [5.74, 6) is -0.352. The van der Waals surface area contributed by atoms with Crippen molar-refractivity contribution < 1.29 is 9.72 Å². The van der Waals surface area contributed by atoms with Crippen molar-refractivity contribution >= 4 is 28.3 Å². The monoisotopic (exact) mass is 234 g/mol. The van der Waals surface area contributed by atoms with Gasteiger partial charge in [0, 0.05) is 20.0 Å². The average Bonchev–Trinajstić information content (AvgIpc) is 2.58. The lowest BCUT2D eigenvalue weighted by Crippen LogP contribution is -2.08. The van der Waals surface area contributed by atoms with Crippen LogP contribution < -0.4 is 5.32 Å². The number of nitro groups is 1. The fourth-order valence-electron chi connectivity index (χ4n) is 1.60. The molecular formula is C10H10N4O3. The number of aromatic nitrogens is 2. The SMILES string of the molecule is CC(=O)Nc1cc2c(cc1[N+](=O)[O-])ncn2C. The third kappa shape index (κ3) is 1.94. The predicted octanol–water partition coefficient (Wildman–Crippen LogP) is 1.44. The Balaban J connectivity index is 2.67. The van der Waals surface area contributed by atoms with Gasteiger partial charge in [0.15, 0.2) is 0 Å². The Morgan fingerprint density at radius 1 is 1.53 bits per heavy atom. The molecule has 1 N–H and O–H groups in total. The summed E-state index contributed by atoms with van der Waals surface area (Å²) in [6.45, 7) is 1.30. The minimum absolute atomic E-state index is 0.161. The number of nitrogens with zero attached hydrogens (tertiary/aromatic N) is 3. The molecule has 0 radical (unpaired) electrons. The van der Waals surface area contributed by atoms with Gasteiger partial charge in [-0.2, -0.15) is 0 Å². The van der Waals surface area contributed by atoms with Gasteiger partial charge in [0.1, 0.15) is 5.69 Å². The molecule has 0 saturated heterocycles. The normalized spacial score (nSPS) is 10.5. The van der Waals surface area contributed by atoms with Gasteiger partial charge < -0.3 is 9.88 Å². The van der Waals surface area contributed by atoms with E-state index in [2.05, 4.69) is 10.3 Å². The van der Waals surface area contributed by atoms with E-state index in [0.29, 0.717) is 5.52 Å². The van der Waals surface area contributed by atoms with Crippen LogP contribution in [0.3, 0.4) is 0 Å². The molecule has 0 aliphatic heterocycles. The van der Waals surface area contributed by atoms with Crippen LogP contribution in [-0.4, -0.2) is 20.4 Å². The summed E-state index contributed by atoms with van der Waals surface area (Å²) in [4.78, 5) is 25.3. The molecular weight excluding hydrogens is 224 g/mol. The molecule has 1 heterocycles. The van der Waals surface area contributed by atoms with E-state index in [9.17, 15) is 14.9 Å². The van der Waals surface area contributed by atoms with E-state index >= 15 is 0 Å². The van der Waals surface area contributed by atoms with Crippen molar-refractivity contribution in [2.24, 2.45) is 7.05 Å². The molecule has 88 valence electrons. The van der Waals surface area contributed by atoms with Gasteiger partial charge >= 0.3 is 0 Å². The lowest BCUT2D eigenvalue weighted by atomic mass is 10.2. The Kier molecular flexibility index (Phi) is 2.51. The van der Waals surface area contributed by atoms with E-state index in [0.717, 1.165) is 5.52 Å². The molecule has 1 aromatic carbocycles. The van der Waals surface area contributed by atoms with Crippen LogP contribution in [0.2, 0.25) is 0 Å². The summed E-state index contributed by atoms with van der Waals surface area (Å²) in [7, 11) is 1.78. The highest BCUT2D eigenvalue weighted by molar-refractivity contribution is 5.95. The zero-order chi connectivity index (χ0) is 12.6. The van der Waals surface area contributed by atoms with Gasteiger partial charge in [0.2, 0.25) is 5.91 Å². The third-order valence-electron chi connectivity index (χ3n) is 2.35. The second-order valence-corrected chi connectivity index (χ2v) is 3.65. The second kappa shape index (κ2) is 3.85. The molecule has 7 heteroatoms. The van der Waals surface area contributed by atoms with Crippen molar-refractivity contribution in [3.8, 4) is 0 Å². The second-order valence-electron chi connectivity index (χ2n) is 3.65. The highest BCUT2D eigenvalue weighted by Gasteiger charge is 2.17. The number of amides is 1. The smallest absolute Gasteiger partial charge is 0.295 e. The first kappa shape index (κ1) is 11.1. The third-order valence-corrected chi connectivity index (χ3v) is 2.35. The van der Waals surface area contributed by atoms with Crippen LogP contribution in [0, 0.1) is 10.1 Å². The van der Waals surface area contributed by atoms with Gasteiger partial charge in [-0.25, -0.2) is 4.98 Å². The average molecular weight is 234 g/mol. The topological polar surface area (TPSA) is 90.1 Å². The molecule has 0 fully saturated rings. The Bertz CT molecular complexity index is 617. The number of aryl methyl sites for hydroxylation is 1. The highest BCUT2D eigenvalue weighted by atomic mass is 16.6. The van der Waals surface area contributed by atoms with Crippen molar-refractivity contribution in [2.75, 3.05) is 5.32 Å². The molecule has 1 aromatic heterocycles. The number of hydrogen-bond donors (Lipinski definition) is 1. The maximum atomic E-state index is 11.0. The lowest BCUT2D eigenvalue weighted by Gasteiger charge is -2.04. The molecule has 0 unspecified atom stereocenters. The molecule has 7 nitrogen and oxygen atoms in total. The molecule has 0 spiro atoms. The van der Waals surface area contributed by atoms with Crippen LogP contribution in [0.15, 0.2) is 18.5 Å². The van der Waals surface area contributed by atoms with E-state index in [1.165, 1.54) is 13.0 Å². The molecule has 0 atom stereocenters. The van der Waals surface area contributed by atoms with E-state index in [-0.39, 0.29) is 17.3 Å². The number of hydrogen-bond acceptors (Lipinski definition) is 4. The van der Waals surface area contributed by atoms with Crippen LogP contribution in [0.5, 0.6) is 0 Å².